The first-order valence-corrected chi connectivity index (χ1v) is 23.2. The van der Waals surface area contributed by atoms with E-state index in [0.717, 1.165) is 61.2 Å². The van der Waals surface area contributed by atoms with Gasteiger partial charge in [0, 0.05) is 16.7 Å². The zero-order valence-electron chi connectivity index (χ0n) is 38.0. The molecule has 11 aromatic rings. The molecule has 3 heteroatoms. The molecule has 0 saturated heterocycles. The minimum Gasteiger partial charge on any atom is -0.208 e. The molecule has 0 N–H and O–H groups in total. The molecular weight excluding hydrogens is 823 g/mol. The fourth-order valence-corrected chi connectivity index (χ4v) is 9.49. The maximum Gasteiger partial charge on any atom is 0.164 e. The molecule has 0 aliphatic rings. The van der Waals surface area contributed by atoms with E-state index in [2.05, 4.69) is 244 Å². The van der Waals surface area contributed by atoms with Crippen molar-refractivity contribution in [3.05, 3.63) is 260 Å². The number of aryl methyl sites for hydroxylation is 2. The molecule has 1 heterocycles. The van der Waals surface area contributed by atoms with Gasteiger partial charge in [0.1, 0.15) is 0 Å². The van der Waals surface area contributed by atoms with Gasteiger partial charge in [0.25, 0.3) is 0 Å². The Morgan fingerprint density at radius 1 is 0.206 bits per heavy atom. The lowest BCUT2D eigenvalue weighted by atomic mass is 9.78. The van der Waals surface area contributed by atoms with E-state index in [1.807, 2.05) is 18.2 Å². The summed E-state index contributed by atoms with van der Waals surface area (Å²) in [5, 5.41) is 0. The summed E-state index contributed by atoms with van der Waals surface area (Å²) in [4.78, 5) is 15.4. The number of benzene rings is 10. The number of hydrogen-bond acceptors (Lipinski definition) is 3. The maximum atomic E-state index is 5.20. The lowest BCUT2D eigenvalue weighted by Crippen LogP contribution is -2.00. The van der Waals surface area contributed by atoms with Crippen LogP contribution in [0.3, 0.4) is 0 Å². The molecule has 68 heavy (non-hydrogen) atoms. The van der Waals surface area contributed by atoms with Crippen molar-refractivity contribution in [3.63, 3.8) is 0 Å². The summed E-state index contributed by atoms with van der Waals surface area (Å²) in [7, 11) is 0. The molecule has 11 rings (SSSR count). The lowest BCUT2D eigenvalue weighted by Gasteiger charge is -2.24. The summed E-state index contributed by atoms with van der Waals surface area (Å²) in [6, 6.07) is 88.7. The lowest BCUT2D eigenvalue weighted by molar-refractivity contribution is 1.07. The normalized spacial score (nSPS) is 11.1. The van der Waals surface area contributed by atoms with Gasteiger partial charge in [-0.15, -0.1) is 0 Å². The summed E-state index contributed by atoms with van der Waals surface area (Å²) in [6.45, 7) is 4.29. The van der Waals surface area contributed by atoms with E-state index in [9.17, 15) is 0 Å². The summed E-state index contributed by atoms with van der Waals surface area (Å²) in [5.41, 5.74) is 21.4. The van der Waals surface area contributed by atoms with Crippen LogP contribution in [0.5, 0.6) is 0 Å². The molecular formula is C65H47N3. The standard InChI is InChI=1S/C65H47N3/c1-44-37-45(2)39-57(38-44)53-33-20-36-56(42-53)65-67-63(50-29-16-7-17-30-50)66-64(68-65)55-35-19-32-52(41-55)51-31-18-34-54(40-51)59-43-58(46-21-8-3-9-22-46)60(47-23-10-4-11-24-47)62(49-27-14-6-15-28-49)61(59)48-25-12-5-13-26-48/h3-43H,1-2H3. The Balaban J connectivity index is 1.08. The second-order valence-electron chi connectivity index (χ2n) is 17.4. The molecule has 0 fully saturated rings. The van der Waals surface area contributed by atoms with Crippen LogP contribution in [0.2, 0.25) is 0 Å². The molecule has 0 aliphatic carbocycles. The number of hydrogen-bond donors (Lipinski definition) is 0. The van der Waals surface area contributed by atoms with Crippen molar-refractivity contribution in [1.82, 2.24) is 15.0 Å². The van der Waals surface area contributed by atoms with E-state index in [1.54, 1.807) is 0 Å². The van der Waals surface area contributed by atoms with Crippen LogP contribution in [0.25, 0.3) is 112 Å². The van der Waals surface area contributed by atoms with E-state index in [0.29, 0.717) is 17.5 Å². The quantitative estimate of drug-likeness (QED) is 0.137. The van der Waals surface area contributed by atoms with Gasteiger partial charge in [0.2, 0.25) is 0 Å². The summed E-state index contributed by atoms with van der Waals surface area (Å²) >= 11 is 0. The molecule has 0 radical (unpaired) electrons. The zero-order chi connectivity index (χ0) is 45.8. The van der Waals surface area contributed by atoms with Crippen molar-refractivity contribution in [3.8, 4) is 112 Å². The SMILES string of the molecule is Cc1cc(C)cc(-c2cccc(-c3nc(-c4ccccc4)nc(-c4cccc(-c5cccc(-c6cc(-c7ccccc7)c(-c7ccccc7)c(-c7ccccc7)c6-c6ccccc6)c5)c4)n3)c2)c1. The fraction of sp³-hybridized carbons (Fsp3) is 0.0308. The van der Waals surface area contributed by atoms with Gasteiger partial charge in [-0.3, -0.25) is 0 Å². The van der Waals surface area contributed by atoms with Crippen molar-refractivity contribution in [2.75, 3.05) is 0 Å². The van der Waals surface area contributed by atoms with Crippen LogP contribution >= 0.6 is 0 Å². The van der Waals surface area contributed by atoms with Crippen LogP contribution in [-0.2, 0) is 0 Å². The van der Waals surface area contributed by atoms with E-state index in [-0.39, 0.29) is 0 Å². The molecule has 322 valence electrons. The van der Waals surface area contributed by atoms with Gasteiger partial charge < -0.3 is 0 Å². The highest BCUT2D eigenvalue weighted by Gasteiger charge is 2.24. The van der Waals surface area contributed by atoms with E-state index >= 15 is 0 Å². The van der Waals surface area contributed by atoms with Crippen LogP contribution in [-0.4, -0.2) is 15.0 Å². The summed E-state index contributed by atoms with van der Waals surface area (Å²) in [5.74, 6) is 1.88. The third-order valence-corrected chi connectivity index (χ3v) is 12.6. The predicted molar refractivity (Wildman–Crippen MR) is 284 cm³/mol. The minimum absolute atomic E-state index is 0.617. The maximum absolute atomic E-state index is 5.20. The van der Waals surface area contributed by atoms with Crippen LogP contribution in [0.15, 0.2) is 249 Å². The Labute approximate surface area is 398 Å². The Hall–Kier alpha value is -8.79. The molecule has 1 aromatic heterocycles. The summed E-state index contributed by atoms with van der Waals surface area (Å²) < 4.78 is 0. The minimum atomic E-state index is 0.617. The van der Waals surface area contributed by atoms with Crippen molar-refractivity contribution >= 4 is 0 Å². The van der Waals surface area contributed by atoms with Crippen LogP contribution in [0.4, 0.5) is 0 Å². The fourth-order valence-electron chi connectivity index (χ4n) is 9.49. The van der Waals surface area contributed by atoms with Crippen molar-refractivity contribution in [1.29, 1.82) is 0 Å². The Morgan fingerprint density at radius 2 is 0.515 bits per heavy atom. The van der Waals surface area contributed by atoms with Gasteiger partial charge in [-0.25, -0.2) is 15.0 Å². The number of nitrogens with zero attached hydrogens (tertiary/aromatic N) is 3. The van der Waals surface area contributed by atoms with Crippen LogP contribution in [0.1, 0.15) is 11.1 Å². The Kier molecular flexibility index (Phi) is 11.5. The van der Waals surface area contributed by atoms with Gasteiger partial charge in [-0.2, -0.15) is 0 Å². The molecule has 0 saturated carbocycles. The second kappa shape index (κ2) is 18.6. The summed E-state index contributed by atoms with van der Waals surface area (Å²) in [6.07, 6.45) is 0. The molecule has 10 aromatic carbocycles. The van der Waals surface area contributed by atoms with Crippen molar-refractivity contribution < 1.29 is 0 Å². The molecule has 0 unspecified atom stereocenters. The van der Waals surface area contributed by atoms with E-state index in [4.69, 9.17) is 15.0 Å². The molecule has 0 amide bonds. The molecule has 3 nitrogen and oxygen atoms in total. The van der Waals surface area contributed by atoms with Gasteiger partial charge in [-0.05, 0) is 116 Å². The van der Waals surface area contributed by atoms with Crippen molar-refractivity contribution in [2.24, 2.45) is 0 Å². The first kappa shape index (κ1) is 41.9. The average Bonchev–Trinajstić information content (AvgIpc) is 3.41. The van der Waals surface area contributed by atoms with Crippen molar-refractivity contribution in [2.45, 2.75) is 13.8 Å². The smallest absolute Gasteiger partial charge is 0.164 e. The Morgan fingerprint density at radius 3 is 0.971 bits per heavy atom. The molecule has 0 spiro atoms. The molecule has 0 atom stereocenters. The topological polar surface area (TPSA) is 38.7 Å². The van der Waals surface area contributed by atoms with Gasteiger partial charge >= 0.3 is 0 Å². The highest BCUT2D eigenvalue weighted by atomic mass is 15.0. The van der Waals surface area contributed by atoms with Gasteiger partial charge in [0.15, 0.2) is 17.5 Å². The van der Waals surface area contributed by atoms with Crippen LogP contribution in [0, 0.1) is 13.8 Å². The third-order valence-electron chi connectivity index (χ3n) is 12.6. The zero-order valence-corrected chi connectivity index (χ0v) is 38.0. The largest absolute Gasteiger partial charge is 0.208 e. The predicted octanol–water partition coefficient (Wildman–Crippen LogP) is 17.2. The molecule has 0 aliphatic heterocycles. The number of aromatic nitrogens is 3. The monoisotopic (exact) mass is 869 g/mol. The molecule has 0 bridgehead atoms. The number of rotatable bonds is 10. The highest BCUT2D eigenvalue weighted by Crippen LogP contribution is 2.50. The van der Waals surface area contributed by atoms with E-state index in [1.165, 1.54) is 44.5 Å². The first-order valence-electron chi connectivity index (χ1n) is 23.2. The third kappa shape index (κ3) is 8.57. The van der Waals surface area contributed by atoms with Gasteiger partial charge in [-0.1, -0.05) is 236 Å². The second-order valence-corrected chi connectivity index (χ2v) is 17.4. The highest BCUT2D eigenvalue weighted by molar-refractivity contribution is 6.07. The van der Waals surface area contributed by atoms with Gasteiger partial charge in [0.05, 0.1) is 0 Å². The average molecular weight is 870 g/mol. The first-order chi connectivity index (χ1) is 33.5. The Bertz CT molecular complexity index is 3530. The van der Waals surface area contributed by atoms with Crippen LogP contribution < -0.4 is 0 Å². The van der Waals surface area contributed by atoms with E-state index < -0.39 is 0 Å².